The van der Waals surface area contributed by atoms with Crippen LogP contribution < -0.4 is 4.74 Å². The number of aryl methyl sites for hydroxylation is 1. The van der Waals surface area contributed by atoms with Crippen molar-refractivity contribution in [2.75, 3.05) is 20.2 Å². The summed E-state index contributed by atoms with van der Waals surface area (Å²) in [6, 6.07) is 15.8. The van der Waals surface area contributed by atoms with E-state index in [0.717, 1.165) is 31.7 Å². The highest BCUT2D eigenvalue weighted by Gasteiger charge is 2.31. The monoisotopic (exact) mass is 376 g/mol. The first-order chi connectivity index (χ1) is 13.7. The third kappa shape index (κ3) is 3.56. The Morgan fingerprint density at radius 3 is 2.79 bits per heavy atom. The van der Waals surface area contributed by atoms with Gasteiger partial charge in [0.2, 0.25) is 0 Å². The standard InChI is InChI=1S/C25H32N2O/c1-4-6-7-14-27-15-13-21-22-16-18(5-2)11-12-23(22)26-24(21)25(27)19-9-8-10-20(17-19)28-3/h8-12,16-17,25-26H,4-7,13-15H2,1-3H3. The van der Waals surface area contributed by atoms with Gasteiger partial charge in [-0.15, -0.1) is 0 Å². The molecule has 0 fully saturated rings. The number of nitrogens with zero attached hydrogens (tertiary/aromatic N) is 1. The van der Waals surface area contributed by atoms with Crippen molar-refractivity contribution in [1.82, 2.24) is 9.88 Å². The number of aromatic nitrogens is 1. The summed E-state index contributed by atoms with van der Waals surface area (Å²) in [7, 11) is 1.75. The fraction of sp³-hybridized carbons (Fsp3) is 0.440. The summed E-state index contributed by atoms with van der Waals surface area (Å²) in [4.78, 5) is 6.45. The van der Waals surface area contributed by atoms with Gasteiger partial charge in [0.1, 0.15) is 5.75 Å². The van der Waals surface area contributed by atoms with Crippen LogP contribution in [0.2, 0.25) is 0 Å². The molecule has 0 bridgehead atoms. The second-order valence-electron chi connectivity index (χ2n) is 7.92. The number of aromatic amines is 1. The molecule has 2 aromatic carbocycles. The Bertz CT molecular complexity index is 943. The van der Waals surface area contributed by atoms with Crippen LogP contribution in [-0.4, -0.2) is 30.1 Å². The number of unbranched alkanes of at least 4 members (excludes halogenated alkanes) is 2. The first-order valence-corrected chi connectivity index (χ1v) is 10.8. The normalized spacial score (nSPS) is 17.0. The van der Waals surface area contributed by atoms with E-state index in [-0.39, 0.29) is 6.04 Å². The molecule has 0 saturated heterocycles. The van der Waals surface area contributed by atoms with E-state index in [4.69, 9.17) is 4.74 Å². The Hall–Kier alpha value is -2.26. The van der Waals surface area contributed by atoms with Crippen molar-refractivity contribution in [2.24, 2.45) is 0 Å². The van der Waals surface area contributed by atoms with E-state index in [1.165, 1.54) is 52.5 Å². The van der Waals surface area contributed by atoms with Gasteiger partial charge in [0.15, 0.2) is 0 Å². The molecule has 0 spiro atoms. The number of rotatable bonds is 7. The Balaban J connectivity index is 1.80. The minimum atomic E-state index is 0.271. The van der Waals surface area contributed by atoms with Crippen LogP contribution in [0.25, 0.3) is 10.9 Å². The number of benzene rings is 2. The lowest BCUT2D eigenvalue weighted by Gasteiger charge is -2.36. The van der Waals surface area contributed by atoms with Crippen LogP contribution in [0.4, 0.5) is 0 Å². The van der Waals surface area contributed by atoms with E-state index < -0.39 is 0 Å². The molecule has 2 heterocycles. The highest BCUT2D eigenvalue weighted by Crippen LogP contribution is 2.39. The zero-order valence-electron chi connectivity index (χ0n) is 17.4. The predicted molar refractivity (Wildman–Crippen MR) is 117 cm³/mol. The number of H-pyrrole nitrogens is 1. The van der Waals surface area contributed by atoms with Crippen molar-refractivity contribution in [3.05, 3.63) is 64.8 Å². The average molecular weight is 377 g/mol. The van der Waals surface area contributed by atoms with Gasteiger partial charge in [-0.2, -0.15) is 0 Å². The van der Waals surface area contributed by atoms with Crippen molar-refractivity contribution in [3.8, 4) is 5.75 Å². The highest BCUT2D eigenvalue weighted by molar-refractivity contribution is 5.86. The Morgan fingerprint density at radius 2 is 2.00 bits per heavy atom. The second kappa shape index (κ2) is 8.40. The molecular formula is C25H32N2O. The van der Waals surface area contributed by atoms with Crippen LogP contribution in [0, 0.1) is 0 Å². The molecule has 0 radical (unpaired) electrons. The van der Waals surface area contributed by atoms with Gasteiger partial charge in [-0.1, -0.05) is 44.9 Å². The van der Waals surface area contributed by atoms with Crippen molar-refractivity contribution in [1.29, 1.82) is 0 Å². The molecule has 1 unspecified atom stereocenters. The molecule has 0 aliphatic carbocycles. The second-order valence-corrected chi connectivity index (χ2v) is 7.92. The van der Waals surface area contributed by atoms with Gasteiger partial charge >= 0.3 is 0 Å². The number of nitrogens with one attached hydrogen (secondary N) is 1. The van der Waals surface area contributed by atoms with Crippen LogP contribution >= 0.6 is 0 Å². The molecule has 1 aliphatic heterocycles. The molecular weight excluding hydrogens is 344 g/mol. The maximum absolute atomic E-state index is 5.53. The lowest BCUT2D eigenvalue weighted by molar-refractivity contribution is 0.206. The number of fused-ring (bicyclic) bond motifs is 3. The molecule has 1 aromatic heterocycles. The molecule has 1 N–H and O–H groups in total. The van der Waals surface area contributed by atoms with E-state index >= 15 is 0 Å². The van der Waals surface area contributed by atoms with Crippen LogP contribution in [0.15, 0.2) is 42.5 Å². The molecule has 0 amide bonds. The predicted octanol–water partition coefficient (Wildman–Crippen LogP) is 5.88. The maximum Gasteiger partial charge on any atom is 0.119 e. The lowest BCUT2D eigenvalue weighted by atomic mass is 9.91. The summed E-state index contributed by atoms with van der Waals surface area (Å²) in [5, 5.41) is 1.41. The van der Waals surface area contributed by atoms with Crippen LogP contribution in [-0.2, 0) is 12.8 Å². The Labute approximate surface area is 168 Å². The van der Waals surface area contributed by atoms with E-state index in [0.29, 0.717) is 0 Å². The van der Waals surface area contributed by atoms with Gasteiger partial charge < -0.3 is 9.72 Å². The molecule has 0 saturated carbocycles. The molecule has 4 rings (SSSR count). The minimum absolute atomic E-state index is 0.271. The van der Waals surface area contributed by atoms with Gasteiger partial charge in [0.25, 0.3) is 0 Å². The van der Waals surface area contributed by atoms with Gasteiger partial charge in [-0.05, 0) is 66.8 Å². The quantitative estimate of drug-likeness (QED) is 0.522. The topological polar surface area (TPSA) is 28.3 Å². The lowest BCUT2D eigenvalue weighted by Crippen LogP contribution is -2.36. The van der Waals surface area contributed by atoms with Crippen LogP contribution in [0.3, 0.4) is 0 Å². The van der Waals surface area contributed by atoms with Crippen molar-refractivity contribution < 1.29 is 4.74 Å². The molecule has 1 aliphatic rings. The first kappa shape index (κ1) is 19.1. The van der Waals surface area contributed by atoms with Crippen molar-refractivity contribution in [2.45, 2.75) is 52.0 Å². The SMILES string of the molecule is CCCCCN1CCc2c([nH]c3ccc(CC)cc23)C1c1cccc(OC)c1. The summed E-state index contributed by atoms with van der Waals surface area (Å²) < 4.78 is 5.53. The number of hydrogen-bond donors (Lipinski definition) is 1. The van der Waals surface area contributed by atoms with Crippen molar-refractivity contribution >= 4 is 10.9 Å². The highest BCUT2D eigenvalue weighted by atomic mass is 16.5. The molecule has 3 heteroatoms. The fourth-order valence-corrected chi connectivity index (χ4v) is 4.60. The summed E-state index contributed by atoms with van der Waals surface area (Å²) in [6.45, 7) is 6.76. The average Bonchev–Trinajstić information content (AvgIpc) is 3.11. The first-order valence-electron chi connectivity index (χ1n) is 10.8. The maximum atomic E-state index is 5.53. The third-order valence-electron chi connectivity index (χ3n) is 6.16. The van der Waals surface area contributed by atoms with Gasteiger partial charge in [-0.3, -0.25) is 4.90 Å². The smallest absolute Gasteiger partial charge is 0.119 e. The minimum Gasteiger partial charge on any atom is -0.497 e. The van der Waals surface area contributed by atoms with Crippen LogP contribution in [0.5, 0.6) is 5.75 Å². The molecule has 148 valence electrons. The van der Waals surface area contributed by atoms with Crippen molar-refractivity contribution in [3.63, 3.8) is 0 Å². The van der Waals surface area contributed by atoms with E-state index in [2.05, 4.69) is 60.1 Å². The van der Waals surface area contributed by atoms with Crippen LogP contribution in [0.1, 0.15) is 61.5 Å². The van der Waals surface area contributed by atoms with E-state index in [1.54, 1.807) is 7.11 Å². The fourth-order valence-electron chi connectivity index (χ4n) is 4.60. The number of methoxy groups -OCH3 is 1. The molecule has 28 heavy (non-hydrogen) atoms. The molecule has 1 atom stereocenters. The molecule has 3 nitrogen and oxygen atoms in total. The number of hydrogen-bond acceptors (Lipinski definition) is 2. The summed E-state index contributed by atoms with van der Waals surface area (Å²) in [5.41, 5.74) is 6.88. The Kier molecular flexibility index (Phi) is 5.72. The van der Waals surface area contributed by atoms with Gasteiger partial charge in [0, 0.05) is 23.1 Å². The summed E-state index contributed by atoms with van der Waals surface area (Å²) in [6.07, 6.45) is 6.01. The molecule has 3 aromatic rings. The Morgan fingerprint density at radius 1 is 1.11 bits per heavy atom. The zero-order valence-corrected chi connectivity index (χ0v) is 17.4. The van der Waals surface area contributed by atoms with E-state index in [1.807, 2.05) is 6.07 Å². The zero-order chi connectivity index (χ0) is 19.5. The summed E-state index contributed by atoms with van der Waals surface area (Å²) >= 11 is 0. The van der Waals surface area contributed by atoms with Gasteiger partial charge in [0.05, 0.1) is 13.2 Å². The van der Waals surface area contributed by atoms with E-state index in [9.17, 15) is 0 Å². The van der Waals surface area contributed by atoms with Gasteiger partial charge in [-0.25, -0.2) is 0 Å². The third-order valence-corrected chi connectivity index (χ3v) is 6.16. The summed E-state index contributed by atoms with van der Waals surface area (Å²) in [5.74, 6) is 0.933. The largest absolute Gasteiger partial charge is 0.497 e. The number of ether oxygens (including phenoxy) is 1.